The predicted octanol–water partition coefficient (Wildman–Crippen LogP) is 1.33. The number of rotatable bonds is 5. The highest BCUT2D eigenvalue weighted by Crippen LogP contribution is 2.20. The van der Waals surface area contributed by atoms with E-state index in [0.29, 0.717) is 13.2 Å². The lowest BCUT2D eigenvalue weighted by Crippen LogP contribution is -2.26. The Hall–Kier alpha value is -1.26. The number of nitrogens with zero attached hydrogens (tertiary/aromatic N) is 1. The zero-order chi connectivity index (χ0) is 11.3. The summed E-state index contributed by atoms with van der Waals surface area (Å²) in [7, 11) is 0. The van der Waals surface area contributed by atoms with Crippen LogP contribution in [0.3, 0.4) is 0 Å². The summed E-state index contributed by atoms with van der Waals surface area (Å²) in [6.07, 6.45) is 0. The van der Waals surface area contributed by atoms with Crippen LogP contribution in [0.15, 0.2) is 18.2 Å². The Morgan fingerprint density at radius 1 is 1.47 bits per heavy atom. The molecule has 0 saturated carbocycles. The number of hydroxylamine groups is 1. The van der Waals surface area contributed by atoms with Crippen LogP contribution in [0, 0.1) is 6.92 Å². The lowest BCUT2D eigenvalue weighted by Gasteiger charge is -2.22. The number of aliphatic hydroxyl groups excluding tert-OH is 1. The lowest BCUT2D eigenvalue weighted by molar-refractivity contribution is 0.107. The van der Waals surface area contributed by atoms with Gasteiger partial charge in [-0.3, -0.25) is 9.90 Å². The second-order valence-corrected chi connectivity index (χ2v) is 3.28. The fraction of sp³-hybridized carbons (Fsp3) is 0.455. The number of aliphatic hydroxyl groups is 1. The molecule has 4 heteroatoms. The molecule has 0 atom stereocenters. The third-order valence-electron chi connectivity index (χ3n) is 2.13. The van der Waals surface area contributed by atoms with E-state index in [4.69, 9.17) is 15.7 Å². The summed E-state index contributed by atoms with van der Waals surface area (Å²) < 4.78 is 0. The van der Waals surface area contributed by atoms with Crippen molar-refractivity contribution in [2.75, 3.05) is 30.6 Å². The first-order valence-electron chi connectivity index (χ1n) is 5.06. The molecule has 0 fully saturated rings. The van der Waals surface area contributed by atoms with Gasteiger partial charge in [-0.1, -0.05) is 0 Å². The fourth-order valence-corrected chi connectivity index (χ4v) is 1.33. The van der Waals surface area contributed by atoms with Gasteiger partial charge in [-0.15, -0.1) is 0 Å². The van der Waals surface area contributed by atoms with Crippen molar-refractivity contribution in [1.29, 1.82) is 0 Å². The van der Waals surface area contributed by atoms with Crippen LogP contribution in [0.5, 0.6) is 0 Å². The number of aryl methyl sites for hydroxylation is 1. The SMILES string of the molecule is CCON(CCO)c1ccc(N)c(C)c1. The van der Waals surface area contributed by atoms with E-state index in [1.54, 1.807) is 5.06 Å². The van der Waals surface area contributed by atoms with E-state index in [2.05, 4.69) is 0 Å². The Morgan fingerprint density at radius 3 is 2.73 bits per heavy atom. The van der Waals surface area contributed by atoms with Gasteiger partial charge in [0, 0.05) is 5.69 Å². The maximum atomic E-state index is 8.90. The van der Waals surface area contributed by atoms with Crippen molar-refractivity contribution in [1.82, 2.24) is 0 Å². The smallest absolute Gasteiger partial charge is 0.0720 e. The van der Waals surface area contributed by atoms with E-state index < -0.39 is 0 Å². The van der Waals surface area contributed by atoms with E-state index in [1.807, 2.05) is 32.0 Å². The summed E-state index contributed by atoms with van der Waals surface area (Å²) >= 11 is 0. The van der Waals surface area contributed by atoms with E-state index in [9.17, 15) is 0 Å². The second-order valence-electron chi connectivity index (χ2n) is 3.28. The molecule has 0 spiro atoms. The summed E-state index contributed by atoms with van der Waals surface area (Å²) in [5, 5.41) is 10.6. The van der Waals surface area contributed by atoms with Crippen LogP contribution in [0.2, 0.25) is 0 Å². The molecule has 0 heterocycles. The van der Waals surface area contributed by atoms with Gasteiger partial charge in [-0.25, -0.2) is 0 Å². The van der Waals surface area contributed by atoms with Crippen LogP contribution in [0.1, 0.15) is 12.5 Å². The number of anilines is 2. The highest BCUT2D eigenvalue weighted by atomic mass is 16.7. The average molecular weight is 210 g/mol. The minimum absolute atomic E-state index is 0.0590. The molecule has 15 heavy (non-hydrogen) atoms. The fourth-order valence-electron chi connectivity index (χ4n) is 1.33. The van der Waals surface area contributed by atoms with Crippen LogP contribution in [-0.4, -0.2) is 24.9 Å². The maximum absolute atomic E-state index is 8.90. The van der Waals surface area contributed by atoms with E-state index in [0.717, 1.165) is 16.9 Å². The zero-order valence-corrected chi connectivity index (χ0v) is 9.23. The van der Waals surface area contributed by atoms with Crippen LogP contribution in [0.25, 0.3) is 0 Å². The van der Waals surface area contributed by atoms with Crippen molar-refractivity contribution in [3.8, 4) is 0 Å². The van der Waals surface area contributed by atoms with E-state index in [1.165, 1.54) is 0 Å². The molecule has 4 nitrogen and oxygen atoms in total. The molecule has 1 aromatic carbocycles. The van der Waals surface area contributed by atoms with Gasteiger partial charge in [0.25, 0.3) is 0 Å². The van der Waals surface area contributed by atoms with Gasteiger partial charge < -0.3 is 10.8 Å². The van der Waals surface area contributed by atoms with Crippen molar-refractivity contribution >= 4 is 11.4 Å². The topological polar surface area (TPSA) is 58.7 Å². The molecule has 3 N–H and O–H groups in total. The second kappa shape index (κ2) is 5.58. The molecule has 0 aromatic heterocycles. The number of nitrogens with two attached hydrogens (primary N) is 1. The first-order valence-corrected chi connectivity index (χ1v) is 5.06. The third kappa shape index (κ3) is 3.11. The maximum Gasteiger partial charge on any atom is 0.0720 e. The Morgan fingerprint density at radius 2 is 2.20 bits per heavy atom. The van der Waals surface area contributed by atoms with Crippen molar-refractivity contribution < 1.29 is 9.94 Å². The summed E-state index contributed by atoms with van der Waals surface area (Å²) in [5.41, 5.74) is 8.42. The quantitative estimate of drug-likeness (QED) is 0.568. The predicted molar refractivity (Wildman–Crippen MR) is 61.6 cm³/mol. The standard InChI is InChI=1S/C11H18N2O2/c1-3-15-13(6-7-14)10-4-5-11(12)9(2)8-10/h4-5,8,14H,3,6-7,12H2,1-2H3. The Kier molecular flexibility index (Phi) is 4.39. The van der Waals surface area contributed by atoms with Gasteiger partial charge in [0.1, 0.15) is 0 Å². The van der Waals surface area contributed by atoms with E-state index in [-0.39, 0.29) is 6.61 Å². The van der Waals surface area contributed by atoms with Crippen molar-refractivity contribution in [3.63, 3.8) is 0 Å². The molecule has 0 aliphatic rings. The lowest BCUT2D eigenvalue weighted by atomic mass is 10.2. The molecule has 0 unspecified atom stereocenters. The summed E-state index contributed by atoms with van der Waals surface area (Å²) in [6, 6.07) is 5.67. The van der Waals surface area contributed by atoms with Crippen molar-refractivity contribution in [3.05, 3.63) is 23.8 Å². The summed E-state index contributed by atoms with van der Waals surface area (Å²) in [4.78, 5) is 5.40. The molecule has 1 aromatic rings. The number of hydrogen-bond donors (Lipinski definition) is 2. The molecule has 1 rings (SSSR count). The largest absolute Gasteiger partial charge is 0.399 e. The molecule has 0 amide bonds. The zero-order valence-electron chi connectivity index (χ0n) is 9.23. The van der Waals surface area contributed by atoms with Gasteiger partial charge in [-0.05, 0) is 37.6 Å². The molecule has 0 radical (unpaired) electrons. The van der Waals surface area contributed by atoms with Gasteiger partial charge >= 0.3 is 0 Å². The number of benzene rings is 1. The Labute approximate surface area is 90.2 Å². The Bertz CT molecular complexity index is 309. The number of nitrogen functional groups attached to an aromatic ring is 1. The van der Waals surface area contributed by atoms with Gasteiger partial charge in [0.05, 0.1) is 25.4 Å². The normalized spacial score (nSPS) is 10.3. The van der Waals surface area contributed by atoms with Crippen LogP contribution in [0.4, 0.5) is 11.4 Å². The van der Waals surface area contributed by atoms with E-state index >= 15 is 0 Å². The third-order valence-corrected chi connectivity index (χ3v) is 2.13. The van der Waals surface area contributed by atoms with Crippen LogP contribution < -0.4 is 10.8 Å². The molecule has 0 bridgehead atoms. The highest BCUT2D eigenvalue weighted by molar-refractivity contribution is 5.56. The van der Waals surface area contributed by atoms with Crippen molar-refractivity contribution in [2.45, 2.75) is 13.8 Å². The minimum Gasteiger partial charge on any atom is -0.399 e. The number of hydrogen-bond acceptors (Lipinski definition) is 4. The van der Waals surface area contributed by atoms with Gasteiger partial charge in [0.15, 0.2) is 0 Å². The monoisotopic (exact) mass is 210 g/mol. The Balaban J connectivity index is 2.85. The first-order chi connectivity index (χ1) is 7.19. The molecular formula is C11H18N2O2. The van der Waals surface area contributed by atoms with Gasteiger partial charge in [0.2, 0.25) is 0 Å². The molecular weight excluding hydrogens is 192 g/mol. The molecule has 0 aliphatic heterocycles. The molecule has 0 saturated heterocycles. The van der Waals surface area contributed by atoms with Crippen LogP contribution >= 0.6 is 0 Å². The van der Waals surface area contributed by atoms with Gasteiger partial charge in [-0.2, -0.15) is 0 Å². The summed E-state index contributed by atoms with van der Waals surface area (Å²) in [6.45, 7) is 4.94. The highest BCUT2D eigenvalue weighted by Gasteiger charge is 2.06. The average Bonchev–Trinajstić information content (AvgIpc) is 2.22. The molecule has 84 valence electrons. The van der Waals surface area contributed by atoms with Crippen molar-refractivity contribution in [2.24, 2.45) is 0 Å². The first kappa shape index (κ1) is 11.8. The molecule has 0 aliphatic carbocycles. The van der Waals surface area contributed by atoms with Crippen LogP contribution in [-0.2, 0) is 4.84 Å². The summed E-state index contributed by atoms with van der Waals surface area (Å²) in [5.74, 6) is 0. The minimum atomic E-state index is 0.0590.